The highest BCUT2D eigenvalue weighted by atomic mass is 16.5. The van der Waals surface area contributed by atoms with Crippen LogP contribution in [0.4, 0.5) is 0 Å². The quantitative estimate of drug-likeness (QED) is 0.621. The summed E-state index contributed by atoms with van der Waals surface area (Å²) in [6.07, 6.45) is 3.23. The van der Waals surface area contributed by atoms with Gasteiger partial charge in [0.1, 0.15) is 5.58 Å². The van der Waals surface area contributed by atoms with Crippen molar-refractivity contribution in [2.45, 2.75) is 0 Å². The van der Waals surface area contributed by atoms with Crippen LogP contribution in [0.5, 0.6) is 0 Å². The molecule has 66 valence electrons. The van der Waals surface area contributed by atoms with E-state index in [0.717, 1.165) is 5.39 Å². The number of pyridine rings is 1. The Morgan fingerprint density at radius 1 is 1.62 bits per heavy atom. The first-order valence-corrected chi connectivity index (χ1v) is 3.73. The Labute approximate surface area is 74.1 Å². The Bertz CT molecular complexity index is 414. The SMILES string of the molecule is COC(=O)c1cc2cnccc2o1. The van der Waals surface area contributed by atoms with Gasteiger partial charge in [0.05, 0.1) is 7.11 Å². The predicted octanol–water partition coefficient (Wildman–Crippen LogP) is 1.61. The Hall–Kier alpha value is -1.84. The molecule has 2 aromatic rings. The molecule has 0 radical (unpaired) electrons. The molecule has 0 unspecified atom stereocenters. The fourth-order valence-electron chi connectivity index (χ4n) is 1.09. The summed E-state index contributed by atoms with van der Waals surface area (Å²) in [6.45, 7) is 0. The summed E-state index contributed by atoms with van der Waals surface area (Å²) in [5, 5.41) is 0.794. The summed E-state index contributed by atoms with van der Waals surface area (Å²) in [6, 6.07) is 3.30. The molecule has 2 heterocycles. The van der Waals surface area contributed by atoms with Crippen molar-refractivity contribution in [2.24, 2.45) is 0 Å². The van der Waals surface area contributed by atoms with Crippen LogP contribution >= 0.6 is 0 Å². The van der Waals surface area contributed by atoms with E-state index in [1.54, 1.807) is 24.5 Å². The van der Waals surface area contributed by atoms with Gasteiger partial charge in [-0.3, -0.25) is 4.98 Å². The van der Waals surface area contributed by atoms with Gasteiger partial charge in [0.2, 0.25) is 5.76 Å². The van der Waals surface area contributed by atoms with E-state index in [4.69, 9.17) is 4.42 Å². The van der Waals surface area contributed by atoms with Gasteiger partial charge in [0.25, 0.3) is 0 Å². The number of nitrogens with zero attached hydrogens (tertiary/aromatic N) is 1. The zero-order valence-corrected chi connectivity index (χ0v) is 6.98. The van der Waals surface area contributed by atoms with Gasteiger partial charge in [-0.05, 0) is 6.07 Å². The molecule has 4 heteroatoms. The number of hydrogen-bond acceptors (Lipinski definition) is 4. The Balaban J connectivity index is 2.56. The average Bonchev–Trinajstić information content (AvgIpc) is 2.59. The molecule has 0 aliphatic carbocycles. The molecule has 0 aromatic carbocycles. The van der Waals surface area contributed by atoms with Crippen LogP contribution in [0.15, 0.2) is 28.9 Å². The molecule has 0 atom stereocenters. The number of rotatable bonds is 1. The first-order valence-electron chi connectivity index (χ1n) is 3.73. The van der Waals surface area contributed by atoms with E-state index < -0.39 is 5.97 Å². The predicted molar refractivity (Wildman–Crippen MR) is 45.3 cm³/mol. The van der Waals surface area contributed by atoms with E-state index in [9.17, 15) is 4.79 Å². The molecule has 13 heavy (non-hydrogen) atoms. The number of furan rings is 1. The van der Waals surface area contributed by atoms with Crippen molar-refractivity contribution >= 4 is 16.9 Å². The van der Waals surface area contributed by atoms with Gasteiger partial charge < -0.3 is 9.15 Å². The molecule has 0 bridgehead atoms. The first-order chi connectivity index (χ1) is 6.31. The maximum atomic E-state index is 11.0. The summed E-state index contributed by atoms with van der Waals surface area (Å²) >= 11 is 0. The number of esters is 1. The van der Waals surface area contributed by atoms with E-state index in [1.165, 1.54) is 7.11 Å². The number of ether oxygens (including phenoxy) is 1. The third-order valence-corrected chi connectivity index (χ3v) is 1.70. The molecule has 2 aromatic heterocycles. The van der Waals surface area contributed by atoms with Crippen molar-refractivity contribution in [2.75, 3.05) is 7.11 Å². The van der Waals surface area contributed by atoms with Crippen molar-refractivity contribution in [3.05, 3.63) is 30.3 Å². The summed E-state index contributed by atoms with van der Waals surface area (Å²) in [5.74, 6) is -0.276. The number of aromatic nitrogens is 1. The lowest BCUT2D eigenvalue weighted by Crippen LogP contribution is -1.97. The number of carbonyl (C=O) groups excluding carboxylic acids is 1. The second-order valence-electron chi connectivity index (χ2n) is 2.52. The molecule has 4 nitrogen and oxygen atoms in total. The molecule has 0 spiro atoms. The first kappa shape index (κ1) is 7.79. The zero-order valence-electron chi connectivity index (χ0n) is 6.98. The highest BCUT2D eigenvalue weighted by Crippen LogP contribution is 2.17. The lowest BCUT2D eigenvalue weighted by atomic mass is 10.3. The van der Waals surface area contributed by atoms with E-state index in [0.29, 0.717) is 5.58 Å². The Morgan fingerprint density at radius 3 is 3.15 bits per heavy atom. The van der Waals surface area contributed by atoms with Gasteiger partial charge in [0, 0.05) is 23.8 Å². The summed E-state index contributed by atoms with van der Waals surface area (Å²) < 4.78 is 9.72. The van der Waals surface area contributed by atoms with Crippen LogP contribution in [0.2, 0.25) is 0 Å². The van der Waals surface area contributed by atoms with E-state index in [2.05, 4.69) is 9.72 Å². The summed E-state index contributed by atoms with van der Waals surface area (Å²) in [5.41, 5.74) is 0.635. The number of methoxy groups -OCH3 is 1. The molecular formula is C9H7NO3. The van der Waals surface area contributed by atoms with Crippen molar-refractivity contribution in [3.63, 3.8) is 0 Å². The molecule has 0 aliphatic heterocycles. The second kappa shape index (κ2) is 2.90. The third kappa shape index (κ3) is 1.26. The number of hydrogen-bond donors (Lipinski definition) is 0. The van der Waals surface area contributed by atoms with Crippen molar-refractivity contribution < 1.29 is 13.9 Å². The monoisotopic (exact) mass is 177 g/mol. The molecule has 0 saturated carbocycles. The Morgan fingerprint density at radius 2 is 2.46 bits per heavy atom. The molecular weight excluding hydrogens is 170 g/mol. The van der Waals surface area contributed by atoms with Crippen molar-refractivity contribution in [1.29, 1.82) is 0 Å². The van der Waals surface area contributed by atoms with Gasteiger partial charge in [-0.15, -0.1) is 0 Å². The minimum absolute atomic E-state index is 0.200. The van der Waals surface area contributed by atoms with E-state index >= 15 is 0 Å². The van der Waals surface area contributed by atoms with Gasteiger partial charge >= 0.3 is 5.97 Å². The van der Waals surface area contributed by atoms with Crippen molar-refractivity contribution in [3.8, 4) is 0 Å². The maximum absolute atomic E-state index is 11.0. The lowest BCUT2D eigenvalue weighted by Gasteiger charge is -1.90. The fraction of sp³-hybridized carbons (Fsp3) is 0.111. The van der Waals surface area contributed by atoms with Crippen LogP contribution in [0.1, 0.15) is 10.6 Å². The molecule has 0 aliphatic rings. The van der Waals surface area contributed by atoms with Gasteiger partial charge in [-0.1, -0.05) is 0 Å². The largest absolute Gasteiger partial charge is 0.463 e. The highest BCUT2D eigenvalue weighted by molar-refractivity contribution is 5.92. The fourth-order valence-corrected chi connectivity index (χ4v) is 1.09. The Kier molecular flexibility index (Phi) is 1.73. The standard InChI is InChI=1S/C9H7NO3/c1-12-9(11)8-4-6-5-10-3-2-7(6)13-8/h2-5H,1H3. The van der Waals surface area contributed by atoms with Gasteiger partial charge in [-0.25, -0.2) is 4.79 Å². The lowest BCUT2D eigenvalue weighted by molar-refractivity contribution is 0.0567. The summed E-state index contributed by atoms with van der Waals surface area (Å²) in [4.78, 5) is 14.9. The molecule has 0 N–H and O–H groups in total. The van der Waals surface area contributed by atoms with Gasteiger partial charge in [0.15, 0.2) is 0 Å². The van der Waals surface area contributed by atoms with E-state index in [1.807, 2.05) is 0 Å². The number of carbonyl (C=O) groups is 1. The smallest absolute Gasteiger partial charge is 0.373 e. The molecule has 0 fully saturated rings. The highest BCUT2D eigenvalue weighted by Gasteiger charge is 2.11. The number of fused-ring (bicyclic) bond motifs is 1. The minimum Gasteiger partial charge on any atom is -0.463 e. The minimum atomic E-state index is -0.476. The topological polar surface area (TPSA) is 52.3 Å². The average molecular weight is 177 g/mol. The molecule has 2 rings (SSSR count). The normalized spacial score (nSPS) is 10.2. The van der Waals surface area contributed by atoms with Crippen LogP contribution in [-0.4, -0.2) is 18.1 Å². The van der Waals surface area contributed by atoms with Crippen LogP contribution in [-0.2, 0) is 4.74 Å². The van der Waals surface area contributed by atoms with Gasteiger partial charge in [-0.2, -0.15) is 0 Å². The molecule has 0 saturated heterocycles. The second-order valence-corrected chi connectivity index (χ2v) is 2.52. The third-order valence-electron chi connectivity index (χ3n) is 1.70. The summed E-state index contributed by atoms with van der Waals surface area (Å²) in [7, 11) is 1.31. The van der Waals surface area contributed by atoms with Crippen molar-refractivity contribution in [1.82, 2.24) is 4.98 Å². The maximum Gasteiger partial charge on any atom is 0.373 e. The van der Waals surface area contributed by atoms with Crippen LogP contribution in [0.25, 0.3) is 11.0 Å². The van der Waals surface area contributed by atoms with E-state index in [-0.39, 0.29) is 5.76 Å². The van der Waals surface area contributed by atoms with Crippen LogP contribution in [0, 0.1) is 0 Å². The van der Waals surface area contributed by atoms with Crippen LogP contribution < -0.4 is 0 Å². The zero-order chi connectivity index (χ0) is 9.26. The van der Waals surface area contributed by atoms with Crippen LogP contribution in [0.3, 0.4) is 0 Å². The molecule has 0 amide bonds.